The Kier molecular flexibility index (Phi) is 4.90. The molecule has 0 aliphatic rings. The maximum atomic E-state index is 11.7. The van der Waals surface area contributed by atoms with E-state index in [1.165, 1.54) is 23.1 Å². The predicted molar refractivity (Wildman–Crippen MR) is 67.6 cm³/mol. The van der Waals surface area contributed by atoms with Crippen molar-refractivity contribution in [3.63, 3.8) is 0 Å². The second-order valence-electron chi connectivity index (χ2n) is 4.01. The molecule has 0 aromatic carbocycles. The number of nitrogens with zero attached hydrogens (tertiary/aromatic N) is 3. The SMILES string of the molecule is CC(C)C(C)(C#N)NC(=O)CSc1nncs1. The van der Waals surface area contributed by atoms with Gasteiger partial charge in [0.05, 0.1) is 11.8 Å². The lowest BCUT2D eigenvalue weighted by molar-refractivity contribution is -0.120. The fourth-order valence-electron chi connectivity index (χ4n) is 0.980. The van der Waals surface area contributed by atoms with Crippen LogP contribution in [0.4, 0.5) is 0 Å². The normalized spacial score (nSPS) is 14.1. The van der Waals surface area contributed by atoms with Crippen LogP contribution in [0, 0.1) is 17.2 Å². The van der Waals surface area contributed by atoms with E-state index < -0.39 is 5.54 Å². The van der Waals surface area contributed by atoms with Gasteiger partial charge in [0, 0.05) is 0 Å². The minimum absolute atomic E-state index is 0.0583. The Morgan fingerprint density at radius 1 is 1.76 bits per heavy atom. The van der Waals surface area contributed by atoms with E-state index in [-0.39, 0.29) is 17.6 Å². The second kappa shape index (κ2) is 5.98. The van der Waals surface area contributed by atoms with Crippen molar-refractivity contribution < 1.29 is 4.79 Å². The van der Waals surface area contributed by atoms with E-state index in [4.69, 9.17) is 5.26 Å². The zero-order valence-corrected chi connectivity index (χ0v) is 11.6. The number of nitrogens with one attached hydrogen (secondary N) is 1. The highest BCUT2D eigenvalue weighted by atomic mass is 32.2. The summed E-state index contributed by atoms with van der Waals surface area (Å²) in [5.41, 5.74) is 0.798. The molecule has 0 saturated heterocycles. The van der Waals surface area contributed by atoms with E-state index >= 15 is 0 Å². The van der Waals surface area contributed by atoms with Gasteiger partial charge in [0.15, 0.2) is 4.34 Å². The highest BCUT2D eigenvalue weighted by Gasteiger charge is 2.29. The molecule has 0 aliphatic carbocycles. The highest BCUT2D eigenvalue weighted by molar-refractivity contribution is 8.01. The van der Waals surface area contributed by atoms with Crippen LogP contribution < -0.4 is 5.32 Å². The maximum Gasteiger partial charge on any atom is 0.231 e. The molecule has 1 N–H and O–H groups in total. The minimum atomic E-state index is -0.821. The number of amides is 1. The molecule has 0 saturated carbocycles. The van der Waals surface area contributed by atoms with Crippen LogP contribution in [0.3, 0.4) is 0 Å². The summed E-state index contributed by atoms with van der Waals surface area (Å²) in [7, 11) is 0. The number of hydrogen-bond donors (Lipinski definition) is 1. The van der Waals surface area contributed by atoms with E-state index in [1.807, 2.05) is 13.8 Å². The lowest BCUT2D eigenvalue weighted by Gasteiger charge is -2.27. The molecule has 1 amide bonds. The molecular formula is C10H14N4OS2. The summed E-state index contributed by atoms with van der Waals surface area (Å²) in [6, 6.07) is 2.14. The first-order valence-electron chi connectivity index (χ1n) is 5.09. The fourth-order valence-corrected chi connectivity index (χ4v) is 2.27. The van der Waals surface area contributed by atoms with Crippen LogP contribution in [0.15, 0.2) is 9.85 Å². The van der Waals surface area contributed by atoms with Gasteiger partial charge < -0.3 is 5.32 Å². The molecule has 1 aromatic rings. The van der Waals surface area contributed by atoms with Gasteiger partial charge in [-0.25, -0.2) is 0 Å². The standard InChI is InChI=1S/C10H14N4OS2/c1-7(2)10(3,5-11)13-8(15)4-16-9-14-12-6-17-9/h6-7H,4H2,1-3H3,(H,13,15). The van der Waals surface area contributed by atoms with E-state index in [0.29, 0.717) is 0 Å². The summed E-state index contributed by atoms with van der Waals surface area (Å²) < 4.78 is 0.753. The number of rotatable bonds is 5. The van der Waals surface area contributed by atoms with Crippen LogP contribution >= 0.6 is 23.1 Å². The van der Waals surface area contributed by atoms with Gasteiger partial charge in [0.1, 0.15) is 11.0 Å². The molecular weight excluding hydrogens is 256 g/mol. The summed E-state index contributed by atoms with van der Waals surface area (Å²) >= 11 is 2.71. The molecule has 0 fully saturated rings. The summed E-state index contributed by atoms with van der Waals surface area (Å²) in [5, 5.41) is 19.3. The lowest BCUT2D eigenvalue weighted by Crippen LogP contribution is -2.49. The molecule has 17 heavy (non-hydrogen) atoms. The van der Waals surface area contributed by atoms with Crippen molar-refractivity contribution in [2.75, 3.05) is 5.75 Å². The van der Waals surface area contributed by atoms with Crippen molar-refractivity contribution in [2.45, 2.75) is 30.6 Å². The molecule has 92 valence electrons. The quantitative estimate of drug-likeness (QED) is 0.824. The number of nitriles is 1. The van der Waals surface area contributed by atoms with E-state index in [2.05, 4.69) is 21.6 Å². The van der Waals surface area contributed by atoms with Gasteiger partial charge in [-0.1, -0.05) is 36.9 Å². The second-order valence-corrected chi connectivity index (χ2v) is 6.07. The number of aromatic nitrogens is 2. The Balaban J connectivity index is 2.47. The average Bonchev–Trinajstić information content (AvgIpc) is 2.78. The summed E-state index contributed by atoms with van der Waals surface area (Å²) in [4.78, 5) is 11.7. The zero-order valence-electron chi connectivity index (χ0n) is 9.93. The van der Waals surface area contributed by atoms with Crippen LogP contribution in [0.1, 0.15) is 20.8 Å². The molecule has 1 aromatic heterocycles. The van der Waals surface area contributed by atoms with E-state index in [1.54, 1.807) is 12.4 Å². The van der Waals surface area contributed by atoms with Crippen molar-refractivity contribution in [2.24, 2.45) is 5.92 Å². The Bertz CT molecular complexity index is 412. The number of thioether (sulfide) groups is 1. The van der Waals surface area contributed by atoms with Crippen LogP contribution in [-0.4, -0.2) is 27.4 Å². The Hall–Kier alpha value is -1.13. The number of hydrogen-bond acceptors (Lipinski definition) is 6. The minimum Gasteiger partial charge on any atom is -0.337 e. The topological polar surface area (TPSA) is 78.7 Å². The van der Waals surface area contributed by atoms with Crippen LogP contribution in [-0.2, 0) is 4.79 Å². The summed E-state index contributed by atoms with van der Waals surface area (Å²) in [5.74, 6) is 0.144. The van der Waals surface area contributed by atoms with Crippen LogP contribution in [0.5, 0.6) is 0 Å². The van der Waals surface area contributed by atoms with Crippen LogP contribution in [0.2, 0.25) is 0 Å². The molecule has 0 bridgehead atoms. The van der Waals surface area contributed by atoms with Gasteiger partial charge in [0.25, 0.3) is 0 Å². The highest BCUT2D eigenvalue weighted by Crippen LogP contribution is 2.20. The van der Waals surface area contributed by atoms with Crippen molar-refractivity contribution in [1.82, 2.24) is 15.5 Å². The Morgan fingerprint density at radius 2 is 2.47 bits per heavy atom. The smallest absolute Gasteiger partial charge is 0.231 e. The van der Waals surface area contributed by atoms with Crippen molar-refractivity contribution in [3.8, 4) is 6.07 Å². The van der Waals surface area contributed by atoms with E-state index in [0.717, 1.165) is 4.34 Å². The van der Waals surface area contributed by atoms with Gasteiger partial charge in [-0.2, -0.15) is 5.26 Å². The Morgan fingerprint density at radius 3 is 2.94 bits per heavy atom. The van der Waals surface area contributed by atoms with Gasteiger partial charge in [-0.15, -0.1) is 10.2 Å². The molecule has 0 spiro atoms. The molecule has 0 radical (unpaired) electrons. The van der Waals surface area contributed by atoms with Gasteiger partial charge in [-0.05, 0) is 12.8 Å². The third kappa shape index (κ3) is 3.98. The number of carbonyl (C=O) groups excluding carboxylic acids is 1. The summed E-state index contributed by atoms with van der Waals surface area (Å²) in [6.07, 6.45) is 0. The molecule has 1 atom stereocenters. The first-order valence-corrected chi connectivity index (χ1v) is 6.95. The third-order valence-electron chi connectivity index (χ3n) is 2.45. The first kappa shape index (κ1) is 13.9. The van der Waals surface area contributed by atoms with Crippen molar-refractivity contribution in [1.29, 1.82) is 5.26 Å². The molecule has 1 heterocycles. The van der Waals surface area contributed by atoms with Crippen molar-refractivity contribution >= 4 is 29.0 Å². The summed E-state index contributed by atoms with van der Waals surface area (Å²) in [6.45, 7) is 5.54. The average molecular weight is 270 g/mol. The largest absolute Gasteiger partial charge is 0.337 e. The van der Waals surface area contributed by atoms with E-state index in [9.17, 15) is 4.79 Å². The number of carbonyl (C=O) groups is 1. The zero-order chi connectivity index (χ0) is 12.9. The predicted octanol–water partition coefficient (Wildman–Crippen LogP) is 1.68. The maximum absolute atomic E-state index is 11.7. The van der Waals surface area contributed by atoms with Gasteiger partial charge in [-0.3, -0.25) is 4.79 Å². The first-order chi connectivity index (χ1) is 7.98. The van der Waals surface area contributed by atoms with Crippen LogP contribution in [0.25, 0.3) is 0 Å². The van der Waals surface area contributed by atoms with Gasteiger partial charge in [0.2, 0.25) is 5.91 Å². The lowest BCUT2D eigenvalue weighted by atomic mass is 9.90. The molecule has 0 aliphatic heterocycles. The fraction of sp³-hybridized carbons (Fsp3) is 0.600. The van der Waals surface area contributed by atoms with Gasteiger partial charge >= 0.3 is 0 Å². The molecule has 5 nitrogen and oxygen atoms in total. The molecule has 1 unspecified atom stereocenters. The van der Waals surface area contributed by atoms with Crippen molar-refractivity contribution in [3.05, 3.63) is 5.51 Å². The molecule has 1 rings (SSSR count). The Labute approximate surface area is 109 Å². The molecule has 7 heteroatoms. The third-order valence-corrected chi connectivity index (χ3v) is 4.31. The monoisotopic (exact) mass is 270 g/mol.